The number of carboxylic acids is 1. The Hall–Kier alpha value is -1.06. The number of hydrogen-bond acceptors (Lipinski definition) is 2. The van der Waals surface area contributed by atoms with E-state index in [-0.39, 0.29) is 22.2 Å². The molecule has 118 valence electrons. The minimum Gasteiger partial charge on any atom is -0.481 e. The summed E-state index contributed by atoms with van der Waals surface area (Å²) in [5.41, 5.74) is 1.43. The number of benzene rings is 1. The number of halogens is 2. The maximum atomic E-state index is 13.0. The van der Waals surface area contributed by atoms with Crippen LogP contribution in [0.3, 0.4) is 0 Å². The van der Waals surface area contributed by atoms with E-state index in [0.717, 1.165) is 18.4 Å². The van der Waals surface area contributed by atoms with Crippen LogP contribution in [0, 0.1) is 11.3 Å². The molecule has 1 fully saturated rings. The predicted octanol–water partition coefficient (Wildman–Crippen LogP) is 4.56. The fraction of sp³-hybridized carbons (Fsp3) is 0.529. The van der Waals surface area contributed by atoms with Crippen LogP contribution in [-0.2, 0) is 17.6 Å². The number of fused-ring (bicyclic) bond motifs is 1. The van der Waals surface area contributed by atoms with Crippen LogP contribution in [0.15, 0.2) is 6.07 Å². The maximum Gasteiger partial charge on any atom is 0.307 e. The van der Waals surface area contributed by atoms with E-state index in [9.17, 15) is 9.59 Å². The zero-order valence-corrected chi connectivity index (χ0v) is 13.9. The first-order valence-corrected chi connectivity index (χ1v) is 8.36. The number of aliphatic carboxylic acids is 1. The minimum absolute atomic E-state index is 0.0724. The molecule has 1 saturated carbocycles. The number of rotatable bonds is 3. The fourth-order valence-electron chi connectivity index (χ4n) is 4.07. The predicted molar refractivity (Wildman–Crippen MR) is 85.9 cm³/mol. The van der Waals surface area contributed by atoms with Gasteiger partial charge in [-0.15, -0.1) is 0 Å². The molecule has 0 saturated heterocycles. The lowest BCUT2D eigenvalue weighted by Gasteiger charge is -2.29. The Morgan fingerprint density at radius 3 is 2.55 bits per heavy atom. The van der Waals surface area contributed by atoms with Crippen LogP contribution in [0.2, 0.25) is 10.0 Å². The quantitative estimate of drug-likeness (QED) is 0.877. The summed E-state index contributed by atoms with van der Waals surface area (Å²) in [5, 5.41) is 9.41. The molecular formula is C17H18Cl2O3. The molecule has 0 aromatic heterocycles. The molecule has 1 aromatic carbocycles. The molecular weight excluding hydrogens is 323 g/mol. The van der Waals surface area contributed by atoms with E-state index in [1.165, 1.54) is 12.8 Å². The molecule has 0 amide bonds. The molecule has 2 aliphatic carbocycles. The second-order valence-electron chi connectivity index (χ2n) is 6.67. The summed E-state index contributed by atoms with van der Waals surface area (Å²) in [6.45, 7) is 2.02. The molecule has 1 atom stereocenters. The first kappa shape index (κ1) is 15.8. The van der Waals surface area contributed by atoms with E-state index < -0.39 is 11.4 Å². The summed E-state index contributed by atoms with van der Waals surface area (Å²) in [5.74, 6) is -0.505. The topological polar surface area (TPSA) is 54.4 Å². The third kappa shape index (κ3) is 2.35. The monoisotopic (exact) mass is 340 g/mol. The summed E-state index contributed by atoms with van der Waals surface area (Å²) in [6.07, 6.45) is 4.94. The van der Waals surface area contributed by atoms with Gasteiger partial charge in [0, 0.05) is 11.0 Å². The summed E-state index contributed by atoms with van der Waals surface area (Å²) in [4.78, 5) is 23.9. The Morgan fingerprint density at radius 2 is 1.95 bits per heavy atom. The van der Waals surface area contributed by atoms with Gasteiger partial charge < -0.3 is 5.11 Å². The van der Waals surface area contributed by atoms with Gasteiger partial charge >= 0.3 is 5.97 Å². The van der Waals surface area contributed by atoms with Gasteiger partial charge in [0.25, 0.3) is 0 Å². The van der Waals surface area contributed by atoms with Crippen molar-refractivity contribution in [3.8, 4) is 0 Å². The van der Waals surface area contributed by atoms with Crippen LogP contribution in [0.25, 0.3) is 0 Å². The van der Waals surface area contributed by atoms with Gasteiger partial charge in [-0.2, -0.15) is 0 Å². The van der Waals surface area contributed by atoms with Crippen LogP contribution < -0.4 is 0 Å². The number of Topliss-reactive ketones (excluding diaryl/α,β-unsaturated/α-hetero) is 1. The lowest BCUT2D eigenvalue weighted by Crippen LogP contribution is -2.32. The van der Waals surface area contributed by atoms with Gasteiger partial charge in [-0.3, -0.25) is 9.59 Å². The number of ketones is 1. The summed E-state index contributed by atoms with van der Waals surface area (Å²) in [6, 6.07) is 1.76. The molecule has 3 rings (SSSR count). The van der Waals surface area contributed by atoms with Crippen molar-refractivity contribution in [2.75, 3.05) is 0 Å². The summed E-state index contributed by atoms with van der Waals surface area (Å²) in [7, 11) is 0. The van der Waals surface area contributed by atoms with E-state index >= 15 is 0 Å². The van der Waals surface area contributed by atoms with Crippen molar-refractivity contribution < 1.29 is 14.7 Å². The van der Waals surface area contributed by atoms with Crippen LogP contribution in [0.4, 0.5) is 0 Å². The molecule has 22 heavy (non-hydrogen) atoms. The van der Waals surface area contributed by atoms with E-state index in [1.807, 2.05) is 6.92 Å². The highest BCUT2D eigenvalue weighted by Gasteiger charge is 2.49. The van der Waals surface area contributed by atoms with Crippen LogP contribution in [-0.4, -0.2) is 16.9 Å². The van der Waals surface area contributed by atoms with Crippen molar-refractivity contribution in [2.45, 2.75) is 45.4 Å². The van der Waals surface area contributed by atoms with Crippen molar-refractivity contribution in [1.82, 2.24) is 0 Å². The Balaban J connectivity index is 2.05. The Labute approximate surface area is 139 Å². The van der Waals surface area contributed by atoms with Gasteiger partial charge in [-0.1, -0.05) is 49.0 Å². The van der Waals surface area contributed by atoms with Crippen molar-refractivity contribution >= 4 is 35.0 Å². The second-order valence-corrected chi connectivity index (χ2v) is 7.43. The third-order valence-corrected chi connectivity index (χ3v) is 6.17. The largest absolute Gasteiger partial charge is 0.481 e. The van der Waals surface area contributed by atoms with Crippen LogP contribution >= 0.6 is 23.2 Å². The highest BCUT2D eigenvalue weighted by atomic mass is 35.5. The number of carbonyl (C=O) groups excluding carboxylic acids is 1. The summed E-state index contributed by atoms with van der Waals surface area (Å²) >= 11 is 12.5. The van der Waals surface area contributed by atoms with Crippen LogP contribution in [0.5, 0.6) is 0 Å². The van der Waals surface area contributed by atoms with Crippen molar-refractivity contribution in [3.05, 3.63) is 32.8 Å². The van der Waals surface area contributed by atoms with Gasteiger partial charge in [-0.05, 0) is 36.3 Å². The van der Waals surface area contributed by atoms with E-state index in [4.69, 9.17) is 28.3 Å². The number of carbonyl (C=O) groups is 2. The van der Waals surface area contributed by atoms with Crippen molar-refractivity contribution in [2.24, 2.45) is 11.3 Å². The molecule has 1 N–H and O–H groups in total. The minimum atomic E-state index is -0.958. The molecule has 0 unspecified atom stereocenters. The van der Waals surface area contributed by atoms with Crippen molar-refractivity contribution in [1.29, 1.82) is 0 Å². The molecule has 0 spiro atoms. The fourth-order valence-corrected chi connectivity index (χ4v) is 4.61. The molecule has 0 heterocycles. The van der Waals surface area contributed by atoms with E-state index in [2.05, 4.69) is 0 Å². The van der Waals surface area contributed by atoms with Crippen molar-refractivity contribution in [3.63, 3.8) is 0 Å². The molecule has 0 bridgehead atoms. The molecule has 3 nitrogen and oxygen atoms in total. The van der Waals surface area contributed by atoms with Gasteiger partial charge in [0.1, 0.15) is 0 Å². The lowest BCUT2D eigenvalue weighted by molar-refractivity contribution is -0.136. The SMILES string of the molecule is C[C@@]1(C2CCCC2)Cc2cc(CC(=O)O)c(Cl)c(Cl)c2C1=O. The average molecular weight is 341 g/mol. The zero-order chi connectivity index (χ0) is 16.1. The molecule has 5 heteroatoms. The van der Waals surface area contributed by atoms with Gasteiger partial charge in [0.15, 0.2) is 5.78 Å². The number of carboxylic acid groups (broad SMARTS) is 1. The third-order valence-electron chi connectivity index (χ3n) is 5.27. The number of hydrogen-bond donors (Lipinski definition) is 1. The maximum absolute atomic E-state index is 13.0. The molecule has 1 aromatic rings. The zero-order valence-electron chi connectivity index (χ0n) is 12.4. The van der Waals surface area contributed by atoms with Crippen LogP contribution in [0.1, 0.15) is 54.1 Å². The van der Waals surface area contributed by atoms with E-state index in [0.29, 0.717) is 23.5 Å². The van der Waals surface area contributed by atoms with Gasteiger partial charge in [0.2, 0.25) is 0 Å². The summed E-state index contributed by atoms with van der Waals surface area (Å²) < 4.78 is 0. The molecule has 0 radical (unpaired) electrons. The Bertz CT molecular complexity index is 662. The standard InChI is InChI=1S/C17H18Cl2O3/c1-17(11-4-2-3-5-11)8-10-6-9(7-12(20)21)14(18)15(19)13(10)16(17)22/h6,11H,2-5,7-8H2,1H3,(H,20,21)/t17-/m0/s1. The molecule has 0 aliphatic heterocycles. The first-order valence-electron chi connectivity index (χ1n) is 7.61. The first-order chi connectivity index (χ1) is 10.3. The Kier molecular flexibility index (Phi) is 3.98. The normalized spacial score (nSPS) is 24.8. The smallest absolute Gasteiger partial charge is 0.307 e. The van der Waals surface area contributed by atoms with Gasteiger partial charge in [-0.25, -0.2) is 0 Å². The average Bonchev–Trinajstić information content (AvgIpc) is 3.05. The van der Waals surface area contributed by atoms with E-state index in [1.54, 1.807) is 6.07 Å². The molecule has 2 aliphatic rings. The van der Waals surface area contributed by atoms with Gasteiger partial charge in [0.05, 0.1) is 16.5 Å². The Morgan fingerprint density at radius 1 is 1.32 bits per heavy atom. The lowest BCUT2D eigenvalue weighted by atomic mass is 9.73. The second kappa shape index (κ2) is 5.54. The highest BCUT2D eigenvalue weighted by molar-refractivity contribution is 6.45. The highest BCUT2D eigenvalue weighted by Crippen LogP contribution is 2.51.